The average molecular weight is 274 g/mol. The Balaban J connectivity index is 1.80. The number of carbonyl (C=O) groups is 1. The summed E-state index contributed by atoms with van der Waals surface area (Å²) in [6, 6.07) is 3.55. The van der Waals surface area contributed by atoms with Gasteiger partial charge in [0.15, 0.2) is 5.76 Å². The van der Waals surface area contributed by atoms with Crippen LogP contribution in [-0.4, -0.2) is 51.9 Å². The molecule has 1 aliphatic heterocycles. The smallest absolute Gasteiger partial charge is 0.289 e. The van der Waals surface area contributed by atoms with Crippen LogP contribution in [0, 0.1) is 0 Å². The number of nitrogens with zero attached hydrogens (tertiary/aromatic N) is 4. The van der Waals surface area contributed by atoms with Crippen LogP contribution in [0.25, 0.3) is 0 Å². The molecule has 6 heteroatoms. The van der Waals surface area contributed by atoms with Crippen LogP contribution >= 0.6 is 0 Å². The summed E-state index contributed by atoms with van der Waals surface area (Å²) < 4.78 is 7.20. The molecule has 2 aromatic rings. The van der Waals surface area contributed by atoms with Gasteiger partial charge in [0.05, 0.1) is 12.3 Å². The first kappa shape index (κ1) is 12.9. The van der Waals surface area contributed by atoms with Crippen molar-refractivity contribution in [2.24, 2.45) is 7.05 Å². The highest BCUT2D eigenvalue weighted by Gasteiger charge is 2.31. The first-order chi connectivity index (χ1) is 9.66. The van der Waals surface area contributed by atoms with Gasteiger partial charge in [-0.25, -0.2) is 4.98 Å². The van der Waals surface area contributed by atoms with Crippen molar-refractivity contribution in [3.05, 3.63) is 42.4 Å². The van der Waals surface area contributed by atoms with Crippen molar-refractivity contribution < 1.29 is 9.21 Å². The van der Waals surface area contributed by atoms with Crippen molar-refractivity contribution in [2.75, 3.05) is 26.7 Å². The SMILES string of the molecule is CN1CCN(C(=O)c2ccco2)CC1c1nccn1C. The normalized spacial score (nSPS) is 20.3. The van der Waals surface area contributed by atoms with Gasteiger partial charge in [-0.3, -0.25) is 9.69 Å². The van der Waals surface area contributed by atoms with Crippen molar-refractivity contribution in [1.29, 1.82) is 0 Å². The number of hydrogen-bond acceptors (Lipinski definition) is 4. The second kappa shape index (κ2) is 5.13. The highest BCUT2D eigenvalue weighted by Crippen LogP contribution is 2.23. The topological polar surface area (TPSA) is 54.5 Å². The number of hydrogen-bond donors (Lipinski definition) is 0. The van der Waals surface area contributed by atoms with E-state index in [4.69, 9.17) is 4.42 Å². The van der Waals surface area contributed by atoms with E-state index in [-0.39, 0.29) is 11.9 Å². The molecule has 1 atom stereocenters. The van der Waals surface area contributed by atoms with Gasteiger partial charge in [-0.1, -0.05) is 0 Å². The van der Waals surface area contributed by atoms with E-state index >= 15 is 0 Å². The molecule has 1 unspecified atom stereocenters. The number of amides is 1. The largest absolute Gasteiger partial charge is 0.459 e. The van der Waals surface area contributed by atoms with Gasteiger partial charge in [0, 0.05) is 39.1 Å². The minimum absolute atomic E-state index is 0.0534. The lowest BCUT2D eigenvalue weighted by molar-refractivity contribution is 0.0500. The Bertz CT molecular complexity index is 590. The van der Waals surface area contributed by atoms with Crippen molar-refractivity contribution in [1.82, 2.24) is 19.4 Å². The summed E-state index contributed by atoms with van der Waals surface area (Å²) in [5.74, 6) is 1.32. The van der Waals surface area contributed by atoms with E-state index in [0.717, 1.165) is 12.4 Å². The summed E-state index contributed by atoms with van der Waals surface area (Å²) >= 11 is 0. The minimum Gasteiger partial charge on any atom is -0.459 e. The molecular formula is C14H18N4O2. The van der Waals surface area contributed by atoms with Gasteiger partial charge in [-0.2, -0.15) is 0 Å². The Hall–Kier alpha value is -2.08. The molecular weight excluding hydrogens is 256 g/mol. The first-order valence-corrected chi connectivity index (χ1v) is 6.67. The van der Waals surface area contributed by atoms with E-state index in [1.165, 1.54) is 6.26 Å². The second-order valence-electron chi connectivity index (χ2n) is 5.12. The van der Waals surface area contributed by atoms with Gasteiger partial charge in [-0.05, 0) is 19.2 Å². The van der Waals surface area contributed by atoms with E-state index in [0.29, 0.717) is 18.8 Å². The molecule has 0 aliphatic carbocycles. The molecule has 0 saturated carbocycles. The van der Waals surface area contributed by atoms with Gasteiger partial charge >= 0.3 is 0 Å². The van der Waals surface area contributed by atoms with Crippen molar-refractivity contribution in [3.8, 4) is 0 Å². The van der Waals surface area contributed by atoms with Crippen LogP contribution in [0.3, 0.4) is 0 Å². The third-order valence-electron chi connectivity index (χ3n) is 3.82. The standard InChI is InChI=1S/C14H18N4O2/c1-16-7-8-18(14(19)12-4-3-9-20-12)10-11(16)13-15-5-6-17(13)2/h3-6,9,11H,7-8,10H2,1-2H3. The second-order valence-corrected chi connectivity index (χ2v) is 5.12. The molecule has 20 heavy (non-hydrogen) atoms. The molecule has 0 spiro atoms. The minimum atomic E-state index is -0.0534. The molecule has 1 aliphatic rings. The fraction of sp³-hybridized carbons (Fsp3) is 0.429. The van der Waals surface area contributed by atoms with Crippen LogP contribution in [0.5, 0.6) is 0 Å². The number of carbonyl (C=O) groups excluding carboxylic acids is 1. The summed E-state index contributed by atoms with van der Waals surface area (Å²) in [6.07, 6.45) is 5.24. The number of imidazole rings is 1. The summed E-state index contributed by atoms with van der Waals surface area (Å²) in [6.45, 7) is 2.15. The molecule has 1 fully saturated rings. The molecule has 106 valence electrons. The first-order valence-electron chi connectivity index (χ1n) is 6.67. The summed E-state index contributed by atoms with van der Waals surface area (Å²) in [4.78, 5) is 20.8. The van der Waals surface area contributed by atoms with Crippen LogP contribution in [0.15, 0.2) is 35.2 Å². The average Bonchev–Trinajstić information content (AvgIpc) is 3.10. The third kappa shape index (κ3) is 2.22. The van der Waals surface area contributed by atoms with Crippen molar-refractivity contribution >= 4 is 5.91 Å². The van der Waals surface area contributed by atoms with E-state index in [9.17, 15) is 4.79 Å². The molecule has 0 N–H and O–H groups in total. The zero-order valence-electron chi connectivity index (χ0n) is 11.7. The maximum Gasteiger partial charge on any atom is 0.289 e. The number of aryl methyl sites for hydroxylation is 1. The molecule has 1 saturated heterocycles. The number of aromatic nitrogens is 2. The molecule has 0 aromatic carbocycles. The van der Waals surface area contributed by atoms with E-state index in [1.807, 2.05) is 22.7 Å². The molecule has 0 radical (unpaired) electrons. The molecule has 3 heterocycles. The lowest BCUT2D eigenvalue weighted by Crippen LogP contribution is -2.49. The molecule has 0 bridgehead atoms. The Labute approximate surface area is 117 Å². The summed E-state index contributed by atoms with van der Waals surface area (Å²) in [5.41, 5.74) is 0. The maximum atomic E-state index is 12.4. The zero-order valence-corrected chi connectivity index (χ0v) is 11.7. The lowest BCUT2D eigenvalue weighted by atomic mass is 10.1. The van der Waals surface area contributed by atoms with E-state index < -0.39 is 0 Å². The van der Waals surface area contributed by atoms with Gasteiger partial charge in [0.2, 0.25) is 0 Å². The van der Waals surface area contributed by atoms with Crippen LogP contribution in [-0.2, 0) is 7.05 Å². The Morgan fingerprint density at radius 1 is 1.40 bits per heavy atom. The van der Waals surface area contributed by atoms with Gasteiger partial charge in [0.25, 0.3) is 5.91 Å². The number of rotatable bonds is 2. The van der Waals surface area contributed by atoms with Gasteiger partial charge in [0.1, 0.15) is 5.82 Å². The molecule has 3 rings (SSSR count). The highest BCUT2D eigenvalue weighted by atomic mass is 16.3. The number of piperazine rings is 1. The number of furan rings is 1. The van der Waals surface area contributed by atoms with Gasteiger partial charge < -0.3 is 13.9 Å². The number of likely N-dealkylation sites (N-methyl/N-ethyl adjacent to an activating group) is 1. The Kier molecular flexibility index (Phi) is 3.31. The fourth-order valence-electron chi connectivity index (χ4n) is 2.59. The van der Waals surface area contributed by atoms with Gasteiger partial charge in [-0.15, -0.1) is 0 Å². The highest BCUT2D eigenvalue weighted by molar-refractivity contribution is 5.91. The van der Waals surface area contributed by atoms with Crippen LogP contribution in [0.1, 0.15) is 22.4 Å². The van der Waals surface area contributed by atoms with Crippen LogP contribution in [0.2, 0.25) is 0 Å². The van der Waals surface area contributed by atoms with Crippen molar-refractivity contribution in [3.63, 3.8) is 0 Å². The fourth-order valence-corrected chi connectivity index (χ4v) is 2.59. The summed E-state index contributed by atoms with van der Waals surface area (Å²) in [5, 5.41) is 0. The quantitative estimate of drug-likeness (QED) is 0.824. The summed E-state index contributed by atoms with van der Waals surface area (Å²) in [7, 11) is 4.04. The lowest BCUT2D eigenvalue weighted by Gasteiger charge is -2.38. The third-order valence-corrected chi connectivity index (χ3v) is 3.82. The van der Waals surface area contributed by atoms with E-state index in [1.54, 1.807) is 18.3 Å². The predicted octanol–water partition coefficient (Wildman–Crippen LogP) is 1.14. The molecule has 6 nitrogen and oxygen atoms in total. The monoisotopic (exact) mass is 274 g/mol. The van der Waals surface area contributed by atoms with Crippen molar-refractivity contribution in [2.45, 2.75) is 6.04 Å². The molecule has 2 aromatic heterocycles. The predicted molar refractivity (Wildman–Crippen MR) is 73.2 cm³/mol. The van der Waals surface area contributed by atoms with Crippen LogP contribution in [0.4, 0.5) is 0 Å². The molecule has 1 amide bonds. The zero-order chi connectivity index (χ0) is 14.1. The maximum absolute atomic E-state index is 12.4. The Morgan fingerprint density at radius 2 is 2.25 bits per heavy atom. The Morgan fingerprint density at radius 3 is 2.90 bits per heavy atom. The van der Waals surface area contributed by atoms with E-state index in [2.05, 4.69) is 16.9 Å². The van der Waals surface area contributed by atoms with Crippen LogP contribution < -0.4 is 0 Å².